The molecule has 2 aromatic rings. The summed E-state index contributed by atoms with van der Waals surface area (Å²) in [5, 5.41) is 0. The maximum absolute atomic E-state index is 3.99. The topological polar surface area (TPSA) is 38.7 Å². The van der Waals surface area contributed by atoms with Crippen LogP contribution in [0.15, 0.2) is 18.0 Å². The van der Waals surface area contributed by atoms with Crippen LogP contribution in [-0.4, -0.2) is 15.0 Å². The second kappa shape index (κ2) is 1.73. The van der Waals surface area contributed by atoms with Gasteiger partial charge in [0.05, 0.1) is 10.2 Å². The second-order valence-electron chi connectivity index (χ2n) is 1.56. The number of thiazole rings is 1. The van der Waals surface area contributed by atoms with Gasteiger partial charge in [-0.25, -0.2) is 15.0 Å². The summed E-state index contributed by atoms with van der Waals surface area (Å²) in [7, 11) is 0. The van der Waals surface area contributed by atoms with Crippen molar-refractivity contribution in [3.05, 3.63) is 18.0 Å². The smallest absolute Gasteiger partial charge is 0.173 e. The first kappa shape index (κ1) is 4.81. The van der Waals surface area contributed by atoms with Crippen molar-refractivity contribution >= 4 is 21.7 Å². The third kappa shape index (κ3) is 0.675. The summed E-state index contributed by atoms with van der Waals surface area (Å²) in [6, 6.07) is 0. The second-order valence-corrected chi connectivity index (χ2v) is 2.45. The van der Waals surface area contributed by atoms with E-state index in [-0.39, 0.29) is 0 Å². The lowest BCUT2D eigenvalue weighted by Gasteiger charge is -1.79. The fourth-order valence-corrected chi connectivity index (χ4v) is 1.22. The molecule has 0 amide bonds. The van der Waals surface area contributed by atoms with Crippen molar-refractivity contribution in [2.45, 2.75) is 0 Å². The minimum Gasteiger partial charge on any atom is -0.243 e. The molecule has 0 aliphatic rings. The molecule has 0 atom stereocenters. The Morgan fingerprint density at radius 2 is 2.33 bits per heavy atom. The molecule has 2 rings (SSSR count). The number of hydrogen-bond donors (Lipinski definition) is 0. The van der Waals surface area contributed by atoms with E-state index in [0.29, 0.717) is 0 Å². The van der Waals surface area contributed by atoms with Gasteiger partial charge >= 0.3 is 0 Å². The van der Waals surface area contributed by atoms with Crippen LogP contribution in [0.25, 0.3) is 10.3 Å². The lowest BCUT2D eigenvalue weighted by Crippen LogP contribution is -1.74. The van der Waals surface area contributed by atoms with E-state index in [1.165, 1.54) is 6.33 Å². The highest BCUT2D eigenvalue weighted by Crippen LogP contribution is 2.11. The molecule has 0 spiro atoms. The molecule has 2 heterocycles. The molecule has 9 heavy (non-hydrogen) atoms. The molecule has 0 unspecified atom stereocenters. The van der Waals surface area contributed by atoms with E-state index in [1.54, 1.807) is 23.0 Å². The Hall–Kier alpha value is -1.03. The zero-order valence-corrected chi connectivity index (χ0v) is 5.30. The van der Waals surface area contributed by atoms with Crippen LogP contribution in [0, 0.1) is 0 Å². The molecule has 0 N–H and O–H groups in total. The van der Waals surface area contributed by atoms with Crippen molar-refractivity contribution in [2.75, 3.05) is 0 Å². The predicted octanol–water partition coefficient (Wildman–Crippen LogP) is 1.09. The van der Waals surface area contributed by atoms with E-state index in [1.807, 2.05) is 0 Å². The number of aromatic nitrogens is 3. The summed E-state index contributed by atoms with van der Waals surface area (Å²) in [5.41, 5.74) is 2.55. The van der Waals surface area contributed by atoms with Gasteiger partial charge in [-0.15, -0.1) is 11.3 Å². The standard InChI is InChI=1S/C5H3N3S/c1-4-5(7-2-6-1)8-3-9-4/h1-3H. The largest absolute Gasteiger partial charge is 0.243 e. The molecule has 0 aliphatic heterocycles. The van der Waals surface area contributed by atoms with Gasteiger partial charge < -0.3 is 0 Å². The molecular formula is C5H3N3S. The lowest BCUT2D eigenvalue weighted by atomic mass is 10.6. The zero-order valence-electron chi connectivity index (χ0n) is 4.48. The highest BCUT2D eigenvalue weighted by Gasteiger charge is 1.92. The highest BCUT2D eigenvalue weighted by molar-refractivity contribution is 7.16. The first-order valence-corrected chi connectivity index (χ1v) is 3.34. The van der Waals surface area contributed by atoms with E-state index in [9.17, 15) is 0 Å². The molecule has 4 heteroatoms. The fourth-order valence-electron chi connectivity index (χ4n) is 0.624. The monoisotopic (exact) mass is 137 g/mol. The van der Waals surface area contributed by atoms with Crippen LogP contribution in [0.3, 0.4) is 0 Å². The van der Waals surface area contributed by atoms with Gasteiger partial charge in [-0.2, -0.15) is 0 Å². The summed E-state index contributed by atoms with van der Waals surface area (Å²) in [6.07, 6.45) is 3.27. The van der Waals surface area contributed by atoms with Gasteiger partial charge in [0.1, 0.15) is 6.33 Å². The molecule has 2 aromatic heterocycles. The van der Waals surface area contributed by atoms with E-state index in [4.69, 9.17) is 0 Å². The fraction of sp³-hybridized carbons (Fsp3) is 0. The lowest BCUT2D eigenvalue weighted by molar-refractivity contribution is 1.20. The van der Waals surface area contributed by atoms with E-state index < -0.39 is 0 Å². The zero-order chi connectivity index (χ0) is 6.10. The van der Waals surface area contributed by atoms with Crippen LogP contribution >= 0.6 is 11.3 Å². The van der Waals surface area contributed by atoms with Crippen molar-refractivity contribution in [1.29, 1.82) is 0 Å². The Bertz CT molecular complexity index is 286. The summed E-state index contributed by atoms with van der Waals surface area (Å²) < 4.78 is 1.04. The molecule has 3 nitrogen and oxygen atoms in total. The van der Waals surface area contributed by atoms with Crippen molar-refractivity contribution in [1.82, 2.24) is 15.0 Å². The van der Waals surface area contributed by atoms with Crippen LogP contribution < -0.4 is 0 Å². The van der Waals surface area contributed by atoms with Crippen LogP contribution in [0.2, 0.25) is 0 Å². The van der Waals surface area contributed by atoms with E-state index in [0.717, 1.165) is 10.3 Å². The first-order valence-electron chi connectivity index (χ1n) is 2.46. The van der Waals surface area contributed by atoms with Crippen molar-refractivity contribution in [2.24, 2.45) is 0 Å². The Morgan fingerprint density at radius 3 is 3.22 bits per heavy atom. The normalized spacial score (nSPS) is 10.2. The predicted molar refractivity (Wildman–Crippen MR) is 35.2 cm³/mol. The van der Waals surface area contributed by atoms with Gasteiger partial charge in [0.2, 0.25) is 0 Å². The van der Waals surface area contributed by atoms with Gasteiger partial charge in [0.25, 0.3) is 0 Å². The van der Waals surface area contributed by atoms with Gasteiger partial charge in [0.15, 0.2) is 5.65 Å². The Kier molecular flexibility index (Phi) is 0.927. The van der Waals surface area contributed by atoms with Crippen molar-refractivity contribution in [3.63, 3.8) is 0 Å². The molecule has 0 fully saturated rings. The molecule has 0 saturated carbocycles. The van der Waals surface area contributed by atoms with E-state index >= 15 is 0 Å². The molecule has 0 aromatic carbocycles. The summed E-state index contributed by atoms with van der Waals surface area (Å²) in [6.45, 7) is 0. The number of nitrogens with zero attached hydrogens (tertiary/aromatic N) is 3. The third-order valence-corrected chi connectivity index (χ3v) is 1.77. The van der Waals surface area contributed by atoms with E-state index in [2.05, 4.69) is 15.0 Å². The first-order chi connectivity index (χ1) is 4.47. The molecule has 0 bridgehead atoms. The molecular weight excluding hydrogens is 134 g/mol. The number of fused-ring (bicyclic) bond motifs is 1. The minimum atomic E-state index is 0.787. The molecule has 44 valence electrons. The maximum atomic E-state index is 3.99. The Morgan fingerprint density at radius 1 is 1.33 bits per heavy atom. The van der Waals surface area contributed by atoms with Crippen LogP contribution in [0.1, 0.15) is 0 Å². The average molecular weight is 137 g/mol. The highest BCUT2D eigenvalue weighted by atomic mass is 32.1. The van der Waals surface area contributed by atoms with Crippen LogP contribution in [0.5, 0.6) is 0 Å². The van der Waals surface area contributed by atoms with Gasteiger partial charge in [0, 0.05) is 6.20 Å². The van der Waals surface area contributed by atoms with Crippen molar-refractivity contribution in [3.8, 4) is 0 Å². The molecule has 0 radical (unpaired) electrons. The number of rotatable bonds is 0. The van der Waals surface area contributed by atoms with Crippen LogP contribution in [-0.2, 0) is 0 Å². The maximum Gasteiger partial charge on any atom is 0.173 e. The summed E-state index contributed by atoms with van der Waals surface area (Å²) in [4.78, 5) is 11.8. The quantitative estimate of drug-likeness (QED) is 0.545. The Labute approximate surface area is 55.4 Å². The third-order valence-electron chi connectivity index (χ3n) is 1.01. The average Bonchev–Trinajstić information content (AvgIpc) is 2.33. The molecule has 0 aliphatic carbocycles. The summed E-state index contributed by atoms with van der Waals surface area (Å²) in [5.74, 6) is 0. The Balaban J connectivity index is 2.95. The molecule has 0 saturated heterocycles. The van der Waals surface area contributed by atoms with Crippen molar-refractivity contribution < 1.29 is 0 Å². The number of hydrogen-bond acceptors (Lipinski definition) is 4. The summed E-state index contributed by atoms with van der Waals surface area (Å²) >= 11 is 1.55. The van der Waals surface area contributed by atoms with Gasteiger partial charge in [-0.05, 0) is 0 Å². The van der Waals surface area contributed by atoms with Gasteiger partial charge in [-0.1, -0.05) is 0 Å². The van der Waals surface area contributed by atoms with Crippen LogP contribution in [0.4, 0.5) is 0 Å². The van der Waals surface area contributed by atoms with Gasteiger partial charge in [-0.3, -0.25) is 0 Å². The minimum absolute atomic E-state index is 0.787. The SMILES string of the molecule is c1ncc2scnc2n1.